The molecule has 0 fully saturated rings. The van der Waals surface area contributed by atoms with Gasteiger partial charge in [-0.1, -0.05) is 35.9 Å². The molecule has 0 spiro atoms. The molecule has 1 atom stereocenters. The molecule has 1 unspecified atom stereocenters. The van der Waals surface area contributed by atoms with Gasteiger partial charge >= 0.3 is 0 Å². The molecule has 0 aliphatic carbocycles. The molecule has 0 saturated carbocycles. The standard InChI is InChI=1S/C17H15ClN2S/c1-12(13-5-7-15(18)8-6-13)20-16-4-2-3-14(11-16)17-19-9-10-21-17/h2-12,20H,1H3. The van der Waals surface area contributed by atoms with E-state index in [0.717, 1.165) is 21.3 Å². The molecule has 0 bridgehead atoms. The third kappa shape index (κ3) is 3.43. The van der Waals surface area contributed by atoms with E-state index < -0.39 is 0 Å². The second kappa shape index (κ2) is 6.29. The molecule has 1 N–H and O–H groups in total. The SMILES string of the molecule is CC(Nc1cccc(-c2nccs2)c1)c1ccc(Cl)cc1. The highest BCUT2D eigenvalue weighted by atomic mass is 35.5. The number of hydrogen-bond acceptors (Lipinski definition) is 3. The quantitative estimate of drug-likeness (QED) is 0.674. The predicted octanol–water partition coefficient (Wildman–Crippen LogP) is 5.64. The molecule has 3 aromatic rings. The van der Waals surface area contributed by atoms with E-state index in [-0.39, 0.29) is 6.04 Å². The first-order valence-electron chi connectivity index (χ1n) is 6.74. The average Bonchev–Trinajstić information content (AvgIpc) is 3.02. The van der Waals surface area contributed by atoms with Crippen molar-refractivity contribution in [1.29, 1.82) is 0 Å². The molecule has 0 radical (unpaired) electrons. The first-order valence-corrected chi connectivity index (χ1v) is 8.00. The van der Waals surface area contributed by atoms with Crippen molar-refractivity contribution in [3.8, 4) is 10.6 Å². The Bertz CT molecular complexity index is 708. The maximum atomic E-state index is 5.93. The number of halogens is 1. The van der Waals surface area contributed by atoms with Crippen LogP contribution in [0.1, 0.15) is 18.5 Å². The largest absolute Gasteiger partial charge is 0.379 e. The van der Waals surface area contributed by atoms with Gasteiger partial charge in [0.2, 0.25) is 0 Å². The number of benzene rings is 2. The molecule has 2 aromatic carbocycles. The third-order valence-corrected chi connectivity index (χ3v) is 4.37. The number of rotatable bonds is 4. The summed E-state index contributed by atoms with van der Waals surface area (Å²) < 4.78 is 0. The molecule has 3 rings (SSSR count). The van der Waals surface area contributed by atoms with E-state index in [2.05, 4.69) is 35.4 Å². The van der Waals surface area contributed by atoms with Gasteiger partial charge in [0.15, 0.2) is 0 Å². The van der Waals surface area contributed by atoms with E-state index in [9.17, 15) is 0 Å². The third-order valence-electron chi connectivity index (χ3n) is 3.30. The predicted molar refractivity (Wildman–Crippen MR) is 91.0 cm³/mol. The van der Waals surface area contributed by atoms with Crippen LogP contribution < -0.4 is 5.32 Å². The van der Waals surface area contributed by atoms with Crippen LogP contribution in [0.2, 0.25) is 5.02 Å². The summed E-state index contributed by atoms with van der Waals surface area (Å²) in [5.74, 6) is 0. The summed E-state index contributed by atoms with van der Waals surface area (Å²) in [5.41, 5.74) is 3.43. The summed E-state index contributed by atoms with van der Waals surface area (Å²) in [7, 11) is 0. The van der Waals surface area contributed by atoms with E-state index in [1.165, 1.54) is 5.56 Å². The molecule has 1 heterocycles. The topological polar surface area (TPSA) is 24.9 Å². The van der Waals surface area contributed by atoms with E-state index in [0.29, 0.717) is 0 Å². The molecule has 21 heavy (non-hydrogen) atoms. The van der Waals surface area contributed by atoms with Gasteiger partial charge in [-0.15, -0.1) is 11.3 Å². The van der Waals surface area contributed by atoms with Crippen LogP contribution in [0, 0.1) is 0 Å². The molecule has 1 aromatic heterocycles. The smallest absolute Gasteiger partial charge is 0.123 e. The summed E-state index contributed by atoms with van der Waals surface area (Å²) in [5, 5.41) is 7.31. The zero-order chi connectivity index (χ0) is 14.7. The Hall–Kier alpha value is -1.84. The van der Waals surface area contributed by atoms with Crippen molar-refractivity contribution in [2.45, 2.75) is 13.0 Å². The number of thiazole rings is 1. The van der Waals surface area contributed by atoms with Gasteiger partial charge in [0.25, 0.3) is 0 Å². The van der Waals surface area contributed by atoms with Crippen molar-refractivity contribution in [1.82, 2.24) is 4.98 Å². The van der Waals surface area contributed by atoms with Gasteiger partial charge in [0, 0.05) is 33.9 Å². The van der Waals surface area contributed by atoms with Gasteiger partial charge in [0.1, 0.15) is 5.01 Å². The van der Waals surface area contributed by atoms with Crippen molar-refractivity contribution in [2.75, 3.05) is 5.32 Å². The van der Waals surface area contributed by atoms with Gasteiger partial charge in [-0.3, -0.25) is 0 Å². The Morgan fingerprint density at radius 1 is 1.14 bits per heavy atom. The van der Waals surface area contributed by atoms with Crippen LogP contribution >= 0.6 is 22.9 Å². The average molecular weight is 315 g/mol. The Labute approximate surface area is 133 Å². The molecular weight excluding hydrogens is 300 g/mol. The first-order chi connectivity index (χ1) is 10.2. The van der Waals surface area contributed by atoms with Crippen LogP contribution in [0.3, 0.4) is 0 Å². The maximum Gasteiger partial charge on any atom is 0.123 e. The van der Waals surface area contributed by atoms with Crippen molar-refractivity contribution in [2.24, 2.45) is 0 Å². The monoisotopic (exact) mass is 314 g/mol. The molecule has 0 saturated heterocycles. The van der Waals surface area contributed by atoms with Crippen molar-refractivity contribution in [3.63, 3.8) is 0 Å². The molecule has 0 aliphatic heterocycles. The Kier molecular flexibility index (Phi) is 4.23. The zero-order valence-corrected chi connectivity index (χ0v) is 13.2. The van der Waals surface area contributed by atoms with Crippen LogP contribution in [0.5, 0.6) is 0 Å². The molecule has 106 valence electrons. The Balaban J connectivity index is 1.78. The molecular formula is C17H15ClN2S. The number of hydrogen-bond donors (Lipinski definition) is 1. The fourth-order valence-electron chi connectivity index (χ4n) is 2.19. The second-order valence-corrected chi connectivity index (χ2v) is 6.17. The number of anilines is 1. The maximum absolute atomic E-state index is 5.93. The van der Waals surface area contributed by atoms with Crippen molar-refractivity contribution >= 4 is 28.6 Å². The number of nitrogens with zero attached hydrogens (tertiary/aromatic N) is 1. The van der Waals surface area contributed by atoms with Crippen LogP contribution in [-0.2, 0) is 0 Å². The minimum absolute atomic E-state index is 0.216. The van der Waals surface area contributed by atoms with E-state index in [4.69, 9.17) is 11.6 Å². The molecule has 0 amide bonds. The second-order valence-electron chi connectivity index (χ2n) is 4.84. The van der Waals surface area contributed by atoms with Crippen LogP contribution in [0.15, 0.2) is 60.1 Å². The summed E-state index contributed by atoms with van der Waals surface area (Å²) in [6.45, 7) is 2.14. The molecule has 4 heteroatoms. The van der Waals surface area contributed by atoms with Crippen LogP contribution in [0.4, 0.5) is 5.69 Å². The minimum atomic E-state index is 0.216. The minimum Gasteiger partial charge on any atom is -0.379 e. The fourth-order valence-corrected chi connectivity index (χ4v) is 2.95. The number of nitrogens with one attached hydrogen (secondary N) is 1. The summed E-state index contributed by atoms with van der Waals surface area (Å²) in [6.07, 6.45) is 1.83. The van der Waals surface area contributed by atoms with Gasteiger partial charge in [-0.05, 0) is 36.8 Å². The highest BCUT2D eigenvalue weighted by Crippen LogP contribution is 2.26. The van der Waals surface area contributed by atoms with Crippen LogP contribution in [-0.4, -0.2) is 4.98 Å². The van der Waals surface area contributed by atoms with Gasteiger partial charge in [0.05, 0.1) is 0 Å². The Morgan fingerprint density at radius 3 is 2.67 bits per heavy atom. The summed E-state index contributed by atoms with van der Waals surface area (Å²) in [4.78, 5) is 4.35. The van der Waals surface area contributed by atoms with Crippen LogP contribution in [0.25, 0.3) is 10.6 Å². The number of aromatic nitrogens is 1. The summed E-state index contributed by atoms with van der Waals surface area (Å²) >= 11 is 7.58. The highest BCUT2D eigenvalue weighted by molar-refractivity contribution is 7.13. The molecule has 0 aliphatic rings. The van der Waals surface area contributed by atoms with Gasteiger partial charge < -0.3 is 5.32 Å². The van der Waals surface area contributed by atoms with E-state index >= 15 is 0 Å². The van der Waals surface area contributed by atoms with Gasteiger partial charge in [-0.25, -0.2) is 4.98 Å². The Morgan fingerprint density at radius 2 is 1.95 bits per heavy atom. The first kappa shape index (κ1) is 14.1. The lowest BCUT2D eigenvalue weighted by molar-refractivity contribution is 0.885. The lowest BCUT2D eigenvalue weighted by Gasteiger charge is -2.16. The summed E-state index contributed by atoms with van der Waals surface area (Å²) in [6, 6.07) is 16.5. The zero-order valence-electron chi connectivity index (χ0n) is 11.6. The van der Waals surface area contributed by atoms with Crippen molar-refractivity contribution in [3.05, 3.63) is 70.7 Å². The normalized spacial score (nSPS) is 12.1. The highest BCUT2D eigenvalue weighted by Gasteiger charge is 2.07. The lowest BCUT2D eigenvalue weighted by atomic mass is 10.1. The molecule has 2 nitrogen and oxygen atoms in total. The van der Waals surface area contributed by atoms with E-state index in [1.807, 2.05) is 41.9 Å². The van der Waals surface area contributed by atoms with E-state index in [1.54, 1.807) is 11.3 Å². The van der Waals surface area contributed by atoms with Gasteiger partial charge in [-0.2, -0.15) is 0 Å². The lowest BCUT2D eigenvalue weighted by Crippen LogP contribution is -2.06. The van der Waals surface area contributed by atoms with Crippen molar-refractivity contribution < 1.29 is 0 Å². The fraction of sp³-hybridized carbons (Fsp3) is 0.118.